The number of H-pyrrole nitrogens is 1. The highest BCUT2D eigenvalue weighted by Crippen LogP contribution is 2.26. The van der Waals surface area contributed by atoms with Gasteiger partial charge in [0.25, 0.3) is 0 Å². The number of likely N-dealkylation sites (tertiary alicyclic amines) is 1. The molecule has 0 radical (unpaired) electrons. The summed E-state index contributed by atoms with van der Waals surface area (Å²) in [4.78, 5) is 25.7. The summed E-state index contributed by atoms with van der Waals surface area (Å²) in [5.41, 5.74) is -0.626. The summed E-state index contributed by atoms with van der Waals surface area (Å²) < 4.78 is 6.60. The summed E-state index contributed by atoms with van der Waals surface area (Å²) in [5.74, 6) is -0.136. The fourth-order valence-electron chi connectivity index (χ4n) is 2.69. The fraction of sp³-hybridized carbons (Fsp3) is 0.692. The second kappa shape index (κ2) is 6.74. The maximum atomic E-state index is 12.1. The van der Waals surface area contributed by atoms with Crippen molar-refractivity contribution in [3.8, 4) is 0 Å². The third-order valence-electron chi connectivity index (χ3n) is 3.80. The maximum Gasteiger partial charge on any atom is 0.438 e. The molecular formula is C13H20N3O3S2+. The summed E-state index contributed by atoms with van der Waals surface area (Å²) in [7, 11) is 1.57. The second-order valence-electron chi connectivity index (χ2n) is 5.40. The predicted molar refractivity (Wildman–Crippen MR) is 84.5 cm³/mol. The highest BCUT2D eigenvalue weighted by atomic mass is 32.2. The van der Waals surface area contributed by atoms with Gasteiger partial charge in [-0.25, -0.2) is 4.79 Å². The summed E-state index contributed by atoms with van der Waals surface area (Å²) in [6.07, 6.45) is 3.45. The number of aromatic nitrogens is 2. The van der Waals surface area contributed by atoms with Gasteiger partial charge in [-0.3, -0.25) is 9.32 Å². The monoisotopic (exact) mass is 330 g/mol. The van der Waals surface area contributed by atoms with Crippen LogP contribution in [-0.4, -0.2) is 38.1 Å². The van der Waals surface area contributed by atoms with E-state index in [1.165, 1.54) is 22.9 Å². The molecule has 0 saturated carbocycles. The molecule has 0 aromatic carbocycles. The molecule has 1 fully saturated rings. The molecule has 116 valence electrons. The molecule has 2 atom stereocenters. The Kier molecular flexibility index (Phi) is 5.21. The zero-order valence-electron chi connectivity index (χ0n) is 12.4. The highest BCUT2D eigenvalue weighted by molar-refractivity contribution is 8.23. The highest BCUT2D eigenvalue weighted by Gasteiger charge is 2.30. The van der Waals surface area contributed by atoms with E-state index in [1.54, 1.807) is 7.05 Å². The topological polar surface area (TPSA) is 70.2 Å². The van der Waals surface area contributed by atoms with Gasteiger partial charge in [0, 0.05) is 12.1 Å². The van der Waals surface area contributed by atoms with Crippen LogP contribution in [0.25, 0.3) is 0 Å². The summed E-state index contributed by atoms with van der Waals surface area (Å²) >= 11 is 6.78. The normalized spacial score (nSPS) is 22.3. The lowest BCUT2D eigenvalue weighted by atomic mass is 9.99. The van der Waals surface area contributed by atoms with E-state index in [2.05, 4.69) is 28.5 Å². The van der Waals surface area contributed by atoms with Crippen molar-refractivity contribution in [2.75, 3.05) is 5.75 Å². The van der Waals surface area contributed by atoms with Crippen molar-refractivity contribution in [3.63, 3.8) is 0 Å². The van der Waals surface area contributed by atoms with Crippen LogP contribution in [0.1, 0.15) is 43.6 Å². The van der Waals surface area contributed by atoms with Gasteiger partial charge in [0.2, 0.25) is 5.78 Å². The number of aryl methyl sites for hydroxylation is 1. The van der Waals surface area contributed by atoms with Crippen LogP contribution in [0.15, 0.2) is 9.32 Å². The fourth-order valence-corrected chi connectivity index (χ4v) is 4.13. The van der Waals surface area contributed by atoms with Gasteiger partial charge in [-0.2, -0.15) is 0 Å². The molecule has 6 nitrogen and oxygen atoms in total. The molecule has 21 heavy (non-hydrogen) atoms. The standard InChI is InChI=1S/C13H19N3O3S2/c1-8-5-4-6-9(2)16(8)13(20)21-7-10(17)11-12(18)19-14-15(11)3/h8-9H,4-7H2,1-3H3/p+1. The summed E-state index contributed by atoms with van der Waals surface area (Å²) in [6, 6.07) is 0.801. The molecule has 1 aromatic heterocycles. The van der Waals surface area contributed by atoms with Gasteiger partial charge in [0.05, 0.1) is 5.75 Å². The van der Waals surface area contributed by atoms with E-state index in [4.69, 9.17) is 12.2 Å². The molecule has 2 unspecified atom stereocenters. The average molecular weight is 330 g/mol. The predicted octanol–water partition coefficient (Wildman–Crippen LogP) is 1.26. The molecule has 8 heteroatoms. The Balaban J connectivity index is 1.98. The average Bonchev–Trinajstić information content (AvgIpc) is 2.75. The molecule has 2 rings (SSSR count). The van der Waals surface area contributed by atoms with E-state index in [-0.39, 0.29) is 17.2 Å². The number of thioether (sulfide) groups is 1. The Bertz CT molecular complexity index is 586. The van der Waals surface area contributed by atoms with Crippen LogP contribution < -0.4 is 10.3 Å². The van der Waals surface area contributed by atoms with Crippen LogP contribution in [0, 0.1) is 0 Å². The number of carbonyl (C=O) groups is 1. The number of carbonyl (C=O) groups excluding carboxylic acids is 1. The van der Waals surface area contributed by atoms with E-state index in [0.717, 1.165) is 17.2 Å². The van der Waals surface area contributed by atoms with Crippen LogP contribution in [0.2, 0.25) is 0 Å². The van der Waals surface area contributed by atoms with Crippen molar-refractivity contribution in [1.82, 2.24) is 10.2 Å². The van der Waals surface area contributed by atoms with E-state index in [1.807, 2.05) is 0 Å². The van der Waals surface area contributed by atoms with Crippen LogP contribution in [0.3, 0.4) is 0 Å². The van der Waals surface area contributed by atoms with Crippen molar-refractivity contribution in [2.45, 2.75) is 45.2 Å². The molecule has 1 aliphatic rings. The number of piperidine rings is 1. The van der Waals surface area contributed by atoms with Crippen molar-refractivity contribution in [1.29, 1.82) is 0 Å². The number of ketones is 1. The summed E-state index contributed by atoms with van der Waals surface area (Å²) in [6.45, 7) is 4.32. The first kappa shape index (κ1) is 16.2. The Morgan fingerprint density at radius 3 is 2.62 bits per heavy atom. The molecule has 0 bridgehead atoms. The Hall–Kier alpha value is -1.15. The van der Waals surface area contributed by atoms with E-state index >= 15 is 0 Å². The molecule has 0 spiro atoms. The number of thiocarbonyl (C=S) groups is 1. The molecule has 1 aliphatic heterocycles. The quantitative estimate of drug-likeness (QED) is 0.511. The van der Waals surface area contributed by atoms with E-state index in [9.17, 15) is 9.59 Å². The van der Waals surface area contributed by atoms with Gasteiger partial charge in [-0.05, 0) is 38.4 Å². The second-order valence-corrected chi connectivity index (χ2v) is 7.01. The third-order valence-corrected chi connectivity index (χ3v) is 5.23. The first-order valence-corrected chi connectivity index (χ1v) is 8.37. The number of aromatic amines is 1. The number of hydrogen-bond donors (Lipinski definition) is 1. The van der Waals surface area contributed by atoms with E-state index < -0.39 is 5.63 Å². The minimum atomic E-state index is -0.645. The van der Waals surface area contributed by atoms with Gasteiger partial charge >= 0.3 is 11.3 Å². The Labute approximate surface area is 132 Å². The van der Waals surface area contributed by atoms with Crippen molar-refractivity contribution in [2.24, 2.45) is 7.05 Å². The van der Waals surface area contributed by atoms with Gasteiger partial charge in [0.15, 0.2) is 7.05 Å². The number of hydrogen-bond acceptors (Lipinski definition) is 5. The molecule has 0 amide bonds. The summed E-state index contributed by atoms with van der Waals surface area (Å²) in [5, 5.41) is 2.34. The molecule has 1 N–H and O–H groups in total. The van der Waals surface area contributed by atoms with Crippen molar-refractivity contribution < 1.29 is 14.0 Å². The number of rotatable bonds is 3. The Morgan fingerprint density at radius 1 is 1.48 bits per heavy atom. The lowest BCUT2D eigenvalue weighted by molar-refractivity contribution is -0.741. The molecule has 2 heterocycles. The van der Waals surface area contributed by atoms with Crippen LogP contribution >= 0.6 is 24.0 Å². The number of Topliss-reactive ketones (excluding diaryl/α,β-unsaturated/α-hetero) is 1. The molecule has 0 aliphatic carbocycles. The lowest BCUT2D eigenvalue weighted by Crippen LogP contribution is -2.46. The Morgan fingerprint density at radius 2 is 2.10 bits per heavy atom. The van der Waals surface area contributed by atoms with Gasteiger partial charge in [-0.15, -0.1) is 0 Å². The van der Waals surface area contributed by atoms with Crippen LogP contribution in [0.4, 0.5) is 0 Å². The van der Waals surface area contributed by atoms with Crippen LogP contribution in [-0.2, 0) is 7.05 Å². The molecular weight excluding hydrogens is 310 g/mol. The minimum Gasteiger partial charge on any atom is -0.352 e. The zero-order chi connectivity index (χ0) is 15.6. The van der Waals surface area contributed by atoms with Crippen LogP contribution in [0.5, 0.6) is 0 Å². The first-order valence-electron chi connectivity index (χ1n) is 6.97. The smallest absolute Gasteiger partial charge is 0.352 e. The van der Waals surface area contributed by atoms with Gasteiger partial charge < -0.3 is 4.90 Å². The lowest BCUT2D eigenvalue weighted by Gasteiger charge is -2.40. The first-order chi connectivity index (χ1) is 9.91. The van der Waals surface area contributed by atoms with Gasteiger partial charge in [0.1, 0.15) is 4.32 Å². The molecule has 1 aromatic rings. The zero-order valence-corrected chi connectivity index (χ0v) is 14.1. The van der Waals surface area contributed by atoms with E-state index in [0.29, 0.717) is 12.1 Å². The largest absolute Gasteiger partial charge is 0.438 e. The van der Waals surface area contributed by atoms with Crippen molar-refractivity contribution in [3.05, 3.63) is 16.1 Å². The maximum absolute atomic E-state index is 12.1. The van der Waals surface area contributed by atoms with Crippen molar-refractivity contribution >= 4 is 34.1 Å². The number of nitrogens with one attached hydrogen (secondary N) is 1. The number of nitrogens with zero attached hydrogens (tertiary/aromatic N) is 2. The SMILES string of the molecule is CC1CCCC(C)N1C(=S)SCC(=O)c1c(=O)o[nH][n+]1C. The molecule has 1 saturated heterocycles. The van der Waals surface area contributed by atoms with Gasteiger partial charge in [-0.1, -0.05) is 28.7 Å². The third kappa shape index (κ3) is 3.55. The minimum absolute atomic E-state index is 0.0186.